The molecule has 0 saturated heterocycles. The smallest absolute Gasteiger partial charge is 0.251 e. The molecule has 0 aromatic heterocycles. The van der Waals surface area contributed by atoms with Crippen LogP contribution in [0.5, 0.6) is 0 Å². The van der Waals surface area contributed by atoms with Gasteiger partial charge in [-0.25, -0.2) is 0 Å². The standard InChI is InChI=1S/C35H44ClN5O4/c1-5-37-35(45)31(23(2)3)41-32(42)24(4)39-22-30(20-26-10-7-6-8-11-26)40-34(44)28-13-9-12-27(21-28)33(43)38-19-18-25-14-16-29(36)17-15-25/h6-17,21,23-24,30-31,39H,5,18-20,22H2,1-4H3,(H,37,45)(H,38,43)(H,40,44)(H,41,42)/t24-,30-,31-/m0/s1. The highest BCUT2D eigenvalue weighted by Crippen LogP contribution is 2.11. The van der Waals surface area contributed by atoms with Crippen molar-refractivity contribution in [3.8, 4) is 0 Å². The van der Waals surface area contributed by atoms with Gasteiger partial charge in [0, 0.05) is 41.8 Å². The third-order valence-electron chi connectivity index (χ3n) is 7.32. The number of rotatable bonds is 16. The van der Waals surface area contributed by atoms with Gasteiger partial charge in [-0.3, -0.25) is 19.2 Å². The highest BCUT2D eigenvalue weighted by Gasteiger charge is 2.26. The van der Waals surface area contributed by atoms with Gasteiger partial charge in [0.25, 0.3) is 11.8 Å². The van der Waals surface area contributed by atoms with E-state index in [4.69, 9.17) is 11.6 Å². The fourth-order valence-electron chi connectivity index (χ4n) is 4.73. The third kappa shape index (κ3) is 11.7. The lowest BCUT2D eigenvalue weighted by Gasteiger charge is -2.25. The molecule has 3 aromatic rings. The summed E-state index contributed by atoms with van der Waals surface area (Å²) < 4.78 is 0. The number of hydrogen-bond donors (Lipinski definition) is 5. The van der Waals surface area contributed by atoms with E-state index in [1.165, 1.54) is 0 Å². The molecular formula is C35H44ClN5O4. The summed E-state index contributed by atoms with van der Waals surface area (Å²) in [6, 6.07) is 22.2. The average Bonchev–Trinajstić information content (AvgIpc) is 3.03. The van der Waals surface area contributed by atoms with E-state index in [2.05, 4.69) is 26.6 Å². The predicted molar refractivity (Wildman–Crippen MR) is 178 cm³/mol. The van der Waals surface area contributed by atoms with Crippen LogP contribution < -0.4 is 26.6 Å². The monoisotopic (exact) mass is 633 g/mol. The summed E-state index contributed by atoms with van der Waals surface area (Å²) in [5, 5.41) is 15.4. The first-order valence-corrected chi connectivity index (χ1v) is 15.7. The fourth-order valence-corrected chi connectivity index (χ4v) is 4.85. The number of carbonyl (C=O) groups excluding carboxylic acids is 4. The molecule has 0 heterocycles. The molecule has 5 N–H and O–H groups in total. The molecule has 0 aliphatic rings. The normalized spacial score (nSPS) is 12.9. The molecule has 0 saturated carbocycles. The van der Waals surface area contributed by atoms with Crippen LogP contribution in [-0.4, -0.2) is 61.4 Å². The Bertz CT molecular complexity index is 1420. The topological polar surface area (TPSA) is 128 Å². The Balaban J connectivity index is 1.63. The SMILES string of the molecule is CCNC(=O)[C@@H](NC(=O)[C@H](C)NC[C@H](Cc1ccccc1)NC(=O)c1cccc(C(=O)NCCc2ccc(Cl)cc2)c1)C(C)C. The highest BCUT2D eigenvalue weighted by atomic mass is 35.5. The zero-order valence-corrected chi connectivity index (χ0v) is 27.1. The van der Waals surface area contributed by atoms with Gasteiger partial charge in [0.2, 0.25) is 11.8 Å². The van der Waals surface area contributed by atoms with Crippen LogP contribution in [0.2, 0.25) is 5.02 Å². The Morgan fingerprint density at radius 2 is 1.40 bits per heavy atom. The summed E-state index contributed by atoms with van der Waals surface area (Å²) in [6.45, 7) is 8.53. The van der Waals surface area contributed by atoms with Crippen molar-refractivity contribution < 1.29 is 19.2 Å². The van der Waals surface area contributed by atoms with Crippen LogP contribution in [0.15, 0.2) is 78.9 Å². The molecule has 0 fully saturated rings. The van der Waals surface area contributed by atoms with Crippen molar-refractivity contribution >= 4 is 35.2 Å². The lowest BCUT2D eigenvalue weighted by Crippen LogP contribution is -2.55. The van der Waals surface area contributed by atoms with Gasteiger partial charge in [0.1, 0.15) is 6.04 Å². The highest BCUT2D eigenvalue weighted by molar-refractivity contribution is 6.30. The summed E-state index contributed by atoms with van der Waals surface area (Å²) in [6.07, 6.45) is 1.17. The molecule has 9 nitrogen and oxygen atoms in total. The molecule has 0 spiro atoms. The molecule has 10 heteroatoms. The quantitative estimate of drug-likeness (QED) is 0.163. The van der Waals surface area contributed by atoms with Crippen molar-refractivity contribution in [1.29, 1.82) is 0 Å². The first-order valence-electron chi connectivity index (χ1n) is 15.4. The van der Waals surface area contributed by atoms with E-state index in [1.807, 2.05) is 75.4 Å². The van der Waals surface area contributed by atoms with Crippen molar-refractivity contribution in [3.05, 3.63) is 106 Å². The van der Waals surface area contributed by atoms with E-state index >= 15 is 0 Å². The summed E-state index contributed by atoms with van der Waals surface area (Å²) in [7, 11) is 0. The van der Waals surface area contributed by atoms with Gasteiger partial charge < -0.3 is 26.6 Å². The Kier molecular flexibility index (Phi) is 14.1. The van der Waals surface area contributed by atoms with Gasteiger partial charge in [-0.2, -0.15) is 0 Å². The van der Waals surface area contributed by atoms with Crippen molar-refractivity contribution in [1.82, 2.24) is 26.6 Å². The van der Waals surface area contributed by atoms with Crippen LogP contribution in [-0.2, 0) is 22.4 Å². The molecule has 4 amide bonds. The maximum atomic E-state index is 13.4. The van der Waals surface area contributed by atoms with Gasteiger partial charge in [0.05, 0.1) is 6.04 Å². The predicted octanol–water partition coefficient (Wildman–Crippen LogP) is 3.91. The Morgan fingerprint density at radius 3 is 2.04 bits per heavy atom. The van der Waals surface area contributed by atoms with Gasteiger partial charge in [-0.15, -0.1) is 0 Å². The molecule has 0 bridgehead atoms. The Labute approximate surface area is 270 Å². The summed E-state index contributed by atoms with van der Waals surface area (Å²) in [5.41, 5.74) is 2.81. The molecule has 3 atom stereocenters. The second kappa shape index (κ2) is 17.9. The first-order chi connectivity index (χ1) is 21.6. The van der Waals surface area contributed by atoms with Crippen molar-refractivity contribution in [2.24, 2.45) is 5.92 Å². The Morgan fingerprint density at radius 1 is 0.733 bits per heavy atom. The first kappa shape index (κ1) is 35.3. The molecule has 0 aliphatic carbocycles. The summed E-state index contributed by atoms with van der Waals surface area (Å²) in [5.74, 6) is -1.21. The van der Waals surface area contributed by atoms with Crippen molar-refractivity contribution in [2.45, 2.75) is 58.7 Å². The molecular weight excluding hydrogens is 590 g/mol. The van der Waals surface area contributed by atoms with Crippen molar-refractivity contribution in [3.63, 3.8) is 0 Å². The minimum absolute atomic E-state index is 0.0841. The van der Waals surface area contributed by atoms with Crippen molar-refractivity contribution in [2.75, 3.05) is 19.6 Å². The van der Waals surface area contributed by atoms with Gasteiger partial charge >= 0.3 is 0 Å². The van der Waals surface area contributed by atoms with Crippen LogP contribution in [0.1, 0.15) is 59.5 Å². The van der Waals surface area contributed by atoms with Gasteiger partial charge in [-0.1, -0.05) is 74.0 Å². The second-order valence-electron chi connectivity index (χ2n) is 11.3. The molecule has 3 aromatic carbocycles. The van der Waals surface area contributed by atoms with Gasteiger partial charge in [0.15, 0.2) is 0 Å². The number of carbonyl (C=O) groups is 4. The largest absolute Gasteiger partial charge is 0.355 e. The molecule has 0 radical (unpaired) electrons. The van der Waals surface area contributed by atoms with E-state index < -0.39 is 12.1 Å². The van der Waals surface area contributed by atoms with E-state index in [0.717, 1.165) is 11.1 Å². The second-order valence-corrected chi connectivity index (χ2v) is 11.8. The maximum Gasteiger partial charge on any atom is 0.251 e. The van der Waals surface area contributed by atoms with E-state index in [-0.39, 0.29) is 35.6 Å². The zero-order valence-electron chi connectivity index (χ0n) is 26.4. The minimum Gasteiger partial charge on any atom is -0.355 e. The number of halogens is 1. The van der Waals surface area contributed by atoms with Crippen LogP contribution >= 0.6 is 11.6 Å². The number of nitrogens with one attached hydrogen (secondary N) is 5. The van der Waals surface area contributed by atoms with Crippen LogP contribution in [0.3, 0.4) is 0 Å². The lowest BCUT2D eigenvalue weighted by atomic mass is 10.0. The molecule has 45 heavy (non-hydrogen) atoms. The molecule has 0 unspecified atom stereocenters. The van der Waals surface area contributed by atoms with Crippen LogP contribution in [0.25, 0.3) is 0 Å². The lowest BCUT2D eigenvalue weighted by molar-refractivity contribution is -0.130. The number of hydrogen-bond acceptors (Lipinski definition) is 5. The molecule has 0 aliphatic heterocycles. The number of benzene rings is 3. The summed E-state index contributed by atoms with van der Waals surface area (Å²) in [4.78, 5) is 51.6. The van der Waals surface area contributed by atoms with Crippen LogP contribution in [0, 0.1) is 5.92 Å². The molecule has 240 valence electrons. The molecule has 3 rings (SSSR count). The Hall–Kier alpha value is -4.21. The van der Waals surface area contributed by atoms with E-state index in [9.17, 15) is 19.2 Å². The maximum absolute atomic E-state index is 13.4. The van der Waals surface area contributed by atoms with E-state index in [1.54, 1.807) is 31.2 Å². The number of likely N-dealkylation sites (N-methyl/N-ethyl adjacent to an activating group) is 1. The average molecular weight is 634 g/mol. The van der Waals surface area contributed by atoms with Crippen LogP contribution in [0.4, 0.5) is 0 Å². The van der Waals surface area contributed by atoms with E-state index in [0.29, 0.717) is 48.6 Å². The fraction of sp³-hybridized carbons (Fsp3) is 0.371. The van der Waals surface area contributed by atoms with Gasteiger partial charge in [-0.05, 0) is 74.1 Å². The minimum atomic E-state index is -0.650. The third-order valence-corrected chi connectivity index (χ3v) is 7.57. The summed E-state index contributed by atoms with van der Waals surface area (Å²) >= 11 is 5.94. The zero-order chi connectivity index (χ0) is 32.8. The number of amides is 4.